The highest BCUT2D eigenvalue weighted by molar-refractivity contribution is 6.69. The van der Waals surface area contributed by atoms with Crippen molar-refractivity contribution in [2.75, 3.05) is 172 Å². The molecule has 0 aromatic rings. The summed E-state index contributed by atoms with van der Waals surface area (Å²) < 4.78 is 75.1. The molecule has 0 aliphatic heterocycles. The zero-order valence-electron chi connectivity index (χ0n) is 28.8. The van der Waals surface area contributed by atoms with Crippen molar-refractivity contribution in [1.29, 1.82) is 0 Å². The molecule has 0 fully saturated rings. The second kappa shape index (κ2) is 37.0. The van der Waals surface area contributed by atoms with Gasteiger partial charge in [0.25, 0.3) is 0 Å². The molecule has 0 aliphatic carbocycles. The lowest BCUT2D eigenvalue weighted by Gasteiger charge is -2.16. The van der Waals surface area contributed by atoms with Gasteiger partial charge >= 0.3 is 5.97 Å². The Kier molecular flexibility index (Phi) is 36.3. The summed E-state index contributed by atoms with van der Waals surface area (Å²) in [6, 6.07) is 0. The molecule has 0 amide bonds. The molecule has 0 aliphatic rings. The molecule has 0 rings (SSSR count). The fraction of sp³-hybridized carbons (Fsp3) is 0.967. The Morgan fingerprint density at radius 2 is 0.543 bits per heavy atom. The van der Waals surface area contributed by atoms with E-state index in [-0.39, 0.29) is 6.61 Å². The second-order valence-corrected chi connectivity index (χ2v) is 14.8. The third-order valence-corrected chi connectivity index (χ3v) is 6.37. The molecular weight excluding hydrogens is 628 g/mol. The number of carbonyl (C=O) groups is 1. The lowest BCUT2D eigenvalue weighted by Crippen LogP contribution is -2.27. The maximum absolute atomic E-state index is 10.9. The molecule has 0 aromatic heterocycles. The first-order valence-electron chi connectivity index (χ1n) is 16.1. The Bertz CT molecular complexity index is 613. The highest BCUT2D eigenvalue weighted by atomic mass is 28.4. The van der Waals surface area contributed by atoms with Crippen molar-refractivity contribution in [3.05, 3.63) is 0 Å². The summed E-state index contributed by atoms with van der Waals surface area (Å²) >= 11 is 0. The van der Waals surface area contributed by atoms with Gasteiger partial charge in [0.2, 0.25) is 0 Å². The van der Waals surface area contributed by atoms with Gasteiger partial charge in [0.1, 0.15) is 6.61 Å². The van der Waals surface area contributed by atoms with E-state index in [1.807, 2.05) is 0 Å². The molecule has 46 heavy (non-hydrogen) atoms. The SMILES string of the molecule is COC(=O)COCCOCCOCCOCCOCCOCCOCCOCCOCCOCCOCCOCCO[Si](C)(C)C. The predicted octanol–water partition coefficient (Wildman–Crippen LogP) is 1.21. The minimum absolute atomic E-state index is 0.0706. The van der Waals surface area contributed by atoms with E-state index in [4.69, 9.17) is 61.3 Å². The number of methoxy groups -OCH3 is 1. The molecule has 0 bridgehead atoms. The zero-order chi connectivity index (χ0) is 33.7. The molecular formula is C30H62O15Si. The Morgan fingerprint density at radius 1 is 0.348 bits per heavy atom. The van der Waals surface area contributed by atoms with Crippen LogP contribution in [0.2, 0.25) is 19.6 Å². The van der Waals surface area contributed by atoms with E-state index in [0.717, 1.165) is 0 Å². The van der Waals surface area contributed by atoms with Crippen LogP contribution in [0.3, 0.4) is 0 Å². The van der Waals surface area contributed by atoms with Crippen LogP contribution in [-0.2, 0) is 70.8 Å². The van der Waals surface area contributed by atoms with Gasteiger partial charge in [-0.2, -0.15) is 0 Å². The van der Waals surface area contributed by atoms with Crippen molar-refractivity contribution in [3.63, 3.8) is 0 Å². The van der Waals surface area contributed by atoms with Crippen LogP contribution < -0.4 is 0 Å². The van der Waals surface area contributed by atoms with Gasteiger partial charge in [-0.25, -0.2) is 4.79 Å². The molecule has 0 aromatic carbocycles. The summed E-state index contributed by atoms with van der Waals surface area (Å²) in [5, 5.41) is 0. The van der Waals surface area contributed by atoms with E-state index in [0.29, 0.717) is 159 Å². The van der Waals surface area contributed by atoms with Gasteiger partial charge in [-0.3, -0.25) is 0 Å². The van der Waals surface area contributed by atoms with Crippen molar-refractivity contribution in [2.24, 2.45) is 0 Å². The van der Waals surface area contributed by atoms with Crippen molar-refractivity contribution >= 4 is 14.3 Å². The molecule has 0 heterocycles. The van der Waals surface area contributed by atoms with Gasteiger partial charge in [0.05, 0.1) is 166 Å². The molecule has 16 heteroatoms. The first-order chi connectivity index (χ1) is 22.5. The maximum Gasteiger partial charge on any atom is 0.331 e. The van der Waals surface area contributed by atoms with Crippen LogP contribution in [0.1, 0.15) is 0 Å². The van der Waals surface area contributed by atoms with Gasteiger partial charge in [0.15, 0.2) is 8.32 Å². The van der Waals surface area contributed by atoms with Gasteiger partial charge in [-0.05, 0) is 19.6 Å². The third-order valence-electron chi connectivity index (χ3n) is 5.30. The molecule has 0 saturated heterocycles. The number of hydrogen-bond acceptors (Lipinski definition) is 15. The fourth-order valence-corrected chi connectivity index (χ4v) is 3.74. The molecule has 0 atom stereocenters. The summed E-state index contributed by atoms with van der Waals surface area (Å²) in [6.07, 6.45) is 0. The minimum atomic E-state index is -1.45. The standard InChI is InChI=1S/C30H62O15Si/c1-32-30(31)29-44-26-25-42-22-21-40-18-17-38-14-13-36-10-9-34-6-5-33-7-8-35-11-12-37-15-16-39-19-20-41-23-24-43-27-28-45-46(2,3)4/h5-29H2,1-4H3. The Labute approximate surface area is 277 Å². The average molecular weight is 691 g/mol. The van der Waals surface area contributed by atoms with Crippen LogP contribution in [0.15, 0.2) is 0 Å². The Hall–Kier alpha value is -0.833. The third kappa shape index (κ3) is 41.2. The molecule has 0 radical (unpaired) electrons. The first kappa shape index (κ1) is 45.2. The highest BCUT2D eigenvalue weighted by Crippen LogP contribution is 2.01. The molecule has 0 saturated carbocycles. The van der Waals surface area contributed by atoms with Crippen LogP contribution in [0.5, 0.6) is 0 Å². The van der Waals surface area contributed by atoms with Crippen molar-refractivity contribution in [1.82, 2.24) is 0 Å². The number of rotatable bonds is 39. The topological polar surface area (TPSA) is 146 Å². The van der Waals surface area contributed by atoms with Gasteiger partial charge in [-0.1, -0.05) is 0 Å². The minimum Gasteiger partial charge on any atom is -0.467 e. The molecule has 276 valence electrons. The average Bonchev–Trinajstić information content (AvgIpc) is 3.03. The van der Waals surface area contributed by atoms with Crippen molar-refractivity contribution < 1.29 is 70.8 Å². The van der Waals surface area contributed by atoms with E-state index < -0.39 is 14.3 Å². The predicted molar refractivity (Wildman–Crippen MR) is 171 cm³/mol. The molecule has 15 nitrogen and oxygen atoms in total. The smallest absolute Gasteiger partial charge is 0.331 e. The number of carbonyl (C=O) groups excluding carboxylic acids is 1. The van der Waals surface area contributed by atoms with Crippen LogP contribution in [-0.4, -0.2) is 187 Å². The van der Waals surface area contributed by atoms with Gasteiger partial charge < -0.3 is 66.0 Å². The van der Waals surface area contributed by atoms with E-state index in [1.165, 1.54) is 7.11 Å². The van der Waals surface area contributed by atoms with Crippen LogP contribution >= 0.6 is 0 Å². The highest BCUT2D eigenvalue weighted by Gasteiger charge is 2.13. The van der Waals surface area contributed by atoms with Gasteiger partial charge in [0, 0.05) is 0 Å². The van der Waals surface area contributed by atoms with E-state index in [9.17, 15) is 4.79 Å². The first-order valence-corrected chi connectivity index (χ1v) is 19.5. The summed E-state index contributed by atoms with van der Waals surface area (Å²) in [6.45, 7) is 18.4. The summed E-state index contributed by atoms with van der Waals surface area (Å²) in [7, 11) is -0.140. The van der Waals surface area contributed by atoms with Gasteiger partial charge in [-0.15, -0.1) is 0 Å². The summed E-state index contributed by atoms with van der Waals surface area (Å²) in [5.41, 5.74) is 0. The van der Waals surface area contributed by atoms with Crippen LogP contribution in [0.25, 0.3) is 0 Å². The van der Waals surface area contributed by atoms with E-state index >= 15 is 0 Å². The van der Waals surface area contributed by atoms with Crippen molar-refractivity contribution in [2.45, 2.75) is 19.6 Å². The van der Waals surface area contributed by atoms with E-state index in [1.54, 1.807) is 0 Å². The maximum atomic E-state index is 10.9. The van der Waals surface area contributed by atoms with E-state index in [2.05, 4.69) is 24.4 Å². The summed E-state index contributed by atoms with van der Waals surface area (Å²) in [4.78, 5) is 10.9. The zero-order valence-corrected chi connectivity index (χ0v) is 29.8. The van der Waals surface area contributed by atoms with Crippen LogP contribution in [0, 0.1) is 0 Å². The largest absolute Gasteiger partial charge is 0.467 e. The Morgan fingerprint density at radius 3 is 0.739 bits per heavy atom. The van der Waals surface area contributed by atoms with Crippen LogP contribution in [0.4, 0.5) is 0 Å². The fourth-order valence-electron chi connectivity index (χ4n) is 3.04. The lowest BCUT2D eigenvalue weighted by atomic mass is 10.6. The number of hydrogen-bond donors (Lipinski definition) is 0. The lowest BCUT2D eigenvalue weighted by molar-refractivity contribution is -0.146. The molecule has 0 N–H and O–H groups in total. The normalized spacial score (nSPS) is 11.8. The quantitative estimate of drug-likeness (QED) is 0.0517. The number of esters is 1. The number of ether oxygens (including phenoxy) is 13. The Balaban J connectivity index is 3.07. The second-order valence-electron chi connectivity index (χ2n) is 10.3. The summed E-state index contributed by atoms with van der Waals surface area (Å²) in [5.74, 6) is -0.408. The van der Waals surface area contributed by atoms with Crippen molar-refractivity contribution in [3.8, 4) is 0 Å². The monoisotopic (exact) mass is 690 g/mol. The molecule has 0 spiro atoms. The molecule has 0 unspecified atom stereocenters.